The van der Waals surface area contributed by atoms with Gasteiger partial charge in [0.05, 0.1) is 32.4 Å². The molecule has 1 atom stereocenters. The highest BCUT2D eigenvalue weighted by molar-refractivity contribution is 7.10. The van der Waals surface area contributed by atoms with E-state index < -0.39 is 11.7 Å². The van der Waals surface area contributed by atoms with Crippen LogP contribution in [0.2, 0.25) is 0 Å². The topological polar surface area (TPSA) is 50.8 Å². The van der Waals surface area contributed by atoms with Gasteiger partial charge in [-0.3, -0.25) is 9.69 Å². The first-order chi connectivity index (χ1) is 15.8. The number of hydrogen-bond acceptors (Lipinski definition) is 5. The lowest BCUT2D eigenvalue weighted by Crippen LogP contribution is -2.41. The van der Waals surface area contributed by atoms with Crippen molar-refractivity contribution in [1.82, 2.24) is 4.90 Å². The average Bonchev–Trinajstić information content (AvgIpc) is 3.32. The molecule has 0 aliphatic carbocycles. The molecule has 0 radical (unpaired) electrons. The van der Waals surface area contributed by atoms with Crippen molar-refractivity contribution >= 4 is 22.9 Å². The van der Waals surface area contributed by atoms with E-state index in [1.165, 1.54) is 12.1 Å². The molecule has 1 N–H and O–H groups in total. The molecule has 0 fully saturated rings. The molecule has 9 heteroatoms. The number of nitrogens with one attached hydrogen (secondary N) is 1. The predicted molar refractivity (Wildman–Crippen MR) is 121 cm³/mol. The normalized spacial score (nSPS) is 16.2. The van der Waals surface area contributed by atoms with Crippen molar-refractivity contribution in [3.8, 4) is 11.5 Å². The van der Waals surface area contributed by atoms with Gasteiger partial charge in [0.15, 0.2) is 11.5 Å². The highest BCUT2D eigenvalue weighted by Crippen LogP contribution is 2.42. The third kappa shape index (κ3) is 4.99. The van der Waals surface area contributed by atoms with E-state index in [4.69, 9.17) is 9.47 Å². The van der Waals surface area contributed by atoms with Crippen molar-refractivity contribution in [3.63, 3.8) is 0 Å². The fourth-order valence-electron chi connectivity index (χ4n) is 4.11. The number of amides is 1. The number of rotatable bonds is 6. The van der Waals surface area contributed by atoms with Gasteiger partial charge in [0.25, 0.3) is 0 Å². The maximum atomic E-state index is 13.0. The number of alkyl halides is 3. The Balaban J connectivity index is 1.60. The Kier molecular flexibility index (Phi) is 6.62. The number of thiophene rings is 1. The standard InChI is InChI=1S/C24H23F3N2O3S/c1-31-19-11-15-8-9-29(23(21-7-4-10-33-21)18(15)13-20(19)32-2)14-22(30)28-17-6-3-5-16(12-17)24(25,26)27/h3-7,10-13,23H,8-9,14H2,1-2H3,(H,28,30). The van der Waals surface area contributed by atoms with Gasteiger partial charge < -0.3 is 14.8 Å². The van der Waals surface area contributed by atoms with Crippen LogP contribution in [0, 0.1) is 0 Å². The number of halogens is 3. The van der Waals surface area contributed by atoms with Gasteiger partial charge >= 0.3 is 6.18 Å². The monoisotopic (exact) mass is 476 g/mol. The molecule has 3 aromatic rings. The first-order valence-electron chi connectivity index (χ1n) is 10.3. The molecule has 174 valence electrons. The number of carbonyl (C=O) groups excluding carboxylic acids is 1. The third-order valence-electron chi connectivity index (χ3n) is 5.61. The van der Waals surface area contributed by atoms with E-state index in [2.05, 4.69) is 5.32 Å². The number of fused-ring (bicyclic) bond motifs is 1. The minimum atomic E-state index is -4.47. The Morgan fingerprint density at radius 1 is 1.12 bits per heavy atom. The number of carbonyl (C=O) groups is 1. The molecule has 4 rings (SSSR count). The Morgan fingerprint density at radius 3 is 2.55 bits per heavy atom. The number of nitrogens with zero attached hydrogens (tertiary/aromatic N) is 1. The summed E-state index contributed by atoms with van der Waals surface area (Å²) in [6.45, 7) is 0.646. The molecule has 2 aromatic carbocycles. The molecule has 1 amide bonds. The first-order valence-corrected chi connectivity index (χ1v) is 11.2. The zero-order valence-corrected chi connectivity index (χ0v) is 18.9. The zero-order valence-electron chi connectivity index (χ0n) is 18.1. The Labute approximate surface area is 193 Å². The lowest BCUT2D eigenvalue weighted by molar-refractivity contribution is -0.137. The molecule has 33 heavy (non-hydrogen) atoms. The van der Waals surface area contributed by atoms with Gasteiger partial charge in [-0.15, -0.1) is 11.3 Å². The number of methoxy groups -OCH3 is 2. The van der Waals surface area contributed by atoms with Gasteiger partial charge in [-0.1, -0.05) is 12.1 Å². The fraction of sp³-hybridized carbons (Fsp3) is 0.292. The second-order valence-electron chi connectivity index (χ2n) is 7.67. The van der Waals surface area contributed by atoms with E-state index in [0.717, 1.165) is 28.1 Å². The average molecular weight is 477 g/mol. The number of anilines is 1. The van der Waals surface area contributed by atoms with Gasteiger partial charge in [0.2, 0.25) is 5.91 Å². The SMILES string of the molecule is COc1cc2c(cc1OC)C(c1cccs1)N(CC(=O)Nc1cccc(C(F)(F)F)c1)CC2. The van der Waals surface area contributed by atoms with Crippen molar-refractivity contribution in [3.05, 3.63) is 75.5 Å². The van der Waals surface area contributed by atoms with Crippen molar-refractivity contribution < 1.29 is 27.4 Å². The second kappa shape index (κ2) is 9.44. The molecule has 0 bridgehead atoms. The summed E-state index contributed by atoms with van der Waals surface area (Å²) in [5, 5.41) is 4.59. The number of ether oxygens (including phenoxy) is 2. The zero-order chi connectivity index (χ0) is 23.6. The van der Waals surface area contributed by atoms with E-state index in [-0.39, 0.29) is 24.2 Å². The summed E-state index contributed by atoms with van der Waals surface area (Å²) in [5.74, 6) is 0.879. The second-order valence-corrected chi connectivity index (χ2v) is 8.65. The molecule has 5 nitrogen and oxygen atoms in total. The third-order valence-corrected chi connectivity index (χ3v) is 6.53. The van der Waals surface area contributed by atoms with Gasteiger partial charge in [-0.05, 0) is 59.3 Å². The van der Waals surface area contributed by atoms with E-state index in [1.54, 1.807) is 25.6 Å². The molecule has 1 aliphatic heterocycles. The largest absolute Gasteiger partial charge is 0.493 e. The van der Waals surface area contributed by atoms with Crippen LogP contribution >= 0.6 is 11.3 Å². The molecular formula is C24H23F3N2O3S. The summed E-state index contributed by atoms with van der Waals surface area (Å²) in [5.41, 5.74) is 1.45. The smallest absolute Gasteiger partial charge is 0.416 e. The summed E-state index contributed by atoms with van der Waals surface area (Å²) in [4.78, 5) is 15.9. The minimum absolute atomic E-state index is 0.0343. The lowest BCUT2D eigenvalue weighted by Gasteiger charge is -2.37. The van der Waals surface area contributed by atoms with E-state index in [0.29, 0.717) is 24.5 Å². The van der Waals surface area contributed by atoms with E-state index in [1.807, 2.05) is 34.5 Å². The molecule has 0 saturated carbocycles. The van der Waals surface area contributed by atoms with Crippen LogP contribution in [-0.4, -0.2) is 38.1 Å². The summed E-state index contributed by atoms with van der Waals surface area (Å²) in [6.07, 6.45) is -3.77. The molecule has 0 saturated heterocycles. The highest BCUT2D eigenvalue weighted by atomic mass is 32.1. The van der Waals surface area contributed by atoms with Crippen LogP contribution in [0.25, 0.3) is 0 Å². The van der Waals surface area contributed by atoms with Crippen molar-refractivity contribution in [2.75, 3.05) is 32.6 Å². The Morgan fingerprint density at radius 2 is 1.88 bits per heavy atom. The summed E-state index contributed by atoms with van der Waals surface area (Å²) < 4.78 is 49.9. The molecule has 0 spiro atoms. The number of benzene rings is 2. The van der Waals surface area contributed by atoms with Crippen LogP contribution in [0.5, 0.6) is 11.5 Å². The van der Waals surface area contributed by atoms with Gasteiger partial charge in [-0.25, -0.2) is 0 Å². The summed E-state index contributed by atoms with van der Waals surface area (Å²) in [6, 6.07) is 12.3. The number of hydrogen-bond donors (Lipinski definition) is 1. The van der Waals surface area contributed by atoms with Gasteiger partial charge in [-0.2, -0.15) is 13.2 Å². The van der Waals surface area contributed by atoms with Crippen molar-refractivity contribution in [1.29, 1.82) is 0 Å². The van der Waals surface area contributed by atoms with E-state index >= 15 is 0 Å². The van der Waals surface area contributed by atoms with Crippen LogP contribution in [0.1, 0.15) is 27.6 Å². The van der Waals surface area contributed by atoms with Crippen LogP contribution in [-0.2, 0) is 17.4 Å². The van der Waals surface area contributed by atoms with Gasteiger partial charge in [0.1, 0.15) is 0 Å². The predicted octanol–water partition coefficient (Wildman–Crippen LogP) is 5.37. The minimum Gasteiger partial charge on any atom is -0.493 e. The molecule has 1 aromatic heterocycles. The molecule has 1 aliphatic rings. The highest BCUT2D eigenvalue weighted by Gasteiger charge is 2.33. The van der Waals surface area contributed by atoms with Gasteiger partial charge in [0, 0.05) is 17.1 Å². The maximum Gasteiger partial charge on any atom is 0.416 e. The van der Waals surface area contributed by atoms with Crippen LogP contribution in [0.4, 0.5) is 18.9 Å². The van der Waals surface area contributed by atoms with Crippen LogP contribution < -0.4 is 14.8 Å². The summed E-state index contributed by atoms with van der Waals surface area (Å²) in [7, 11) is 3.17. The molecule has 1 unspecified atom stereocenters. The van der Waals surface area contributed by atoms with Crippen molar-refractivity contribution in [2.45, 2.75) is 18.6 Å². The van der Waals surface area contributed by atoms with E-state index in [9.17, 15) is 18.0 Å². The van der Waals surface area contributed by atoms with Crippen LogP contribution in [0.15, 0.2) is 53.9 Å². The molecular weight excluding hydrogens is 453 g/mol. The van der Waals surface area contributed by atoms with Crippen LogP contribution in [0.3, 0.4) is 0 Å². The lowest BCUT2D eigenvalue weighted by atomic mass is 9.91. The fourth-order valence-corrected chi connectivity index (χ4v) is 4.98. The first kappa shape index (κ1) is 23.1. The Hall–Kier alpha value is -3.04. The molecule has 2 heterocycles. The van der Waals surface area contributed by atoms with Crippen molar-refractivity contribution in [2.24, 2.45) is 0 Å². The quantitative estimate of drug-likeness (QED) is 0.520. The maximum absolute atomic E-state index is 13.0. The summed E-state index contributed by atoms with van der Waals surface area (Å²) >= 11 is 1.59. The Bertz CT molecular complexity index is 1130.